The van der Waals surface area contributed by atoms with Gasteiger partial charge in [0.15, 0.2) is 0 Å². The minimum Gasteiger partial charge on any atom is -0.385 e. The van der Waals surface area contributed by atoms with Crippen LogP contribution in [0.4, 0.5) is 0 Å². The molecule has 11 heavy (non-hydrogen) atoms. The second-order valence-corrected chi connectivity index (χ2v) is 2.88. The third kappa shape index (κ3) is 3.95. The number of amides is 1. The van der Waals surface area contributed by atoms with Crippen molar-refractivity contribution in [1.29, 1.82) is 0 Å². The Morgan fingerprint density at radius 3 is 2.55 bits per heavy atom. The largest absolute Gasteiger partial charge is 0.385 e. The predicted molar refractivity (Wildman–Crippen MR) is 42.9 cm³/mol. The van der Waals surface area contributed by atoms with Gasteiger partial charge in [-0.3, -0.25) is 4.79 Å². The molecule has 0 spiro atoms. The van der Waals surface area contributed by atoms with E-state index in [-0.39, 0.29) is 0 Å². The Morgan fingerprint density at radius 2 is 2.18 bits per heavy atom. The molecule has 0 saturated carbocycles. The molecule has 0 bridgehead atoms. The van der Waals surface area contributed by atoms with Gasteiger partial charge in [-0.25, -0.2) is 0 Å². The number of rotatable bonds is 5. The van der Waals surface area contributed by atoms with Crippen LogP contribution in [0, 0.1) is 0 Å². The summed E-state index contributed by atoms with van der Waals surface area (Å²) in [6, 6.07) is 0. The van der Waals surface area contributed by atoms with Crippen LogP contribution in [0.15, 0.2) is 0 Å². The third-order valence-electron chi connectivity index (χ3n) is 1.61. The van der Waals surface area contributed by atoms with Crippen molar-refractivity contribution >= 4 is 5.91 Å². The van der Waals surface area contributed by atoms with Gasteiger partial charge in [0.2, 0.25) is 5.91 Å². The summed E-state index contributed by atoms with van der Waals surface area (Å²) in [5.41, 5.74) is 9.73. The lowest BCUT2D eigenvalue weighted by molar-refractivity contribution is -0.122. The van der Waals surface area contributed by atoms with Crippen molar-refractivity contribution in [2.24, 2.45) is 11.5 Å². The van der Waals surface area contributed by atoms with Crippen LogP contribution in [0.25, 0.3) is 0 Å². The van der Waals surface area contributed by atoms with Crippen LogP contribution in [0.2, 0.25) is 0 Å². The Hall–Kier alpha value is -0.610. The SMILES string of the molecule is COCCCC(C)(N)C(N)=O. The number of methoxy groups -OCH3 is 1. The highest BCUT2D eigenvalue weighted by molar-refractivity contribution is 5.83. The molecule has 0 radical (unpaired) electrons. The maximum Gasteiger partial charge on any atom is 0.237 e. The maximum atomic E-state index is 10.7. The van der Waals surface area contributed by atoms with Gasteiger partial charge in [-0.15, -0.1) is 0 Å². The summed E-state index contributed by atoms with van der Waals surface area (Å²) in [4.78, 5) is 10.7. The standard InChI is InChI=1S/C7H16N2O2/c1-7(9,6(8)10)4-3-5-11-2/h3-5,9H2,1-2H3,(H2,8,10). The summed E-state index contributed by atoms with van der Waals surface area (Å²) >= 11 is 0. The Bertz CT molecular complexity index is 134. The molecule has 4 N–H and O–H groups in total. The zero-order valence-electron chi connectivity index (χ0n) is 7.09. The van der Waals surface area contributed by atoms with Crippen LogP contribution in [-0.2, 0) is 9.53 Å². The summed E-state index contributed by atoms with van der Waals surface area (Å²) in [6.45, 7) is 2.24. The Morgan fingerprint density at radius 1 is 1.64 bits per heavy atom. The van der Waals surface area contributed by atoms with E-state index in [0.717, 1.165) is 6.42 Å². The number of nitrogens with two attached hydrogens (primary N) is 2. The average Bonchev–Trinajstić information content (AvgIpc) is 1.88. The van der Waals surface area contributed by atoms with Gasteiger partial charge < -0.3 is 16.2 Å². The molecular weight excluding hydrogens is 144 g/mol. The molecule has 0 fully saturated rings. The number of ether oxygens (including phenoxy) is 1. The first kappa shape index (κ1) is 10.4. The molecule has 0 aliphatic carbocycles. The molecule has 0 heterocycles. The molecule has 0 aliphatic heterocycles. The molecule has 1 atom stereocenters. The summed E-state index contributed by atoms with van der Waals surface area (Å²) in [7, 11) is 1.61. The van der Waals surface area contributed by atoms with Gasteiger partial charge in [-0.2, -0.15) is 0 Å². The van der Waals surface area contributed by atoms with E-state index in [1.54, 1.807) is 14.0 Å². The lowest BCUT2D eigenvalue weighted by atomic mass is 9.97. The van der Waals surface area contributed by atoms with E-state index in [0.29, 0.717) is 13.0 Å². The quantitative estimate of drug-likeness (QED) is 0.538. The molecule has 1 amide bonds. The molecule has 4 nitrogen and oxygen atoms in total. The topological polar surface area (TPSA) is 78.3 Å². The van der Waals surface area contributed by atoms with Crippen LogP contribution < -0.4 is 11.5 Å². The van der Waals surface area contributed by atoms with Crippen molar-refractivity contribution < 1.29 is 9.53 Å². The highest BCUT2D eigenvalue weighted by atomic mass is 16.5. The fourth-order valence-electron chi connectivity index (χ4n) is 0.707. The lowest BCUT2D eigenvalue weighted by Gasteiger charge is -2.19. The number of primary amides is 1. The molecule has 0 saturated heterocycles. The van der Waals surface area contributed by atoms with Crippen molar-refractivity contribution in [2.75, 3.05) is 13.7 Å². The lowest BCUT2D eigenvalue weighted by Crippen LogP contribution is -2.49. The van der Waals surface area contributed by atoms with Gasteiger partial charge in [0, 0.05) is 13.7 Å². The molecule has 66 valence electrons. The van der Waals surface area contributed by atoms with Crippen molar-refractivity contribution in [3.63, 3.8) is 0 Å². The fraction of sp³-hybridized carbons (Fsp3) is 0.857. The first-order valence-corrected chi connectivity index (χ1v) is 3.58. The molecular formula is C7H16N2O2. The van der Waals surface area contributed by atoms with Crippen LogP contribution in [-0.4, -0.2) is 25.2 Å². The number of carbonyl (C=O) groups is 1. The molecule has 0 aliphatic rings. The summed E-state index contributed by atoms with van der Waals surface area (Å²) < 4.78 is 4.81. The van der Waals surface area contributed by atoms with E-state index >= 15 is 0 Å². The van der Waals surface area contributed by atoms with Gasteiger partial charge in [-0.1, -0.05) is 0 Å². The van der Waals surface area contributed by atoms with Gasteiger partial charge in [0.25, 0.3) is 0 Å². The van der Waals surface area contributed by atoms with E-state index < -0.39 is 11.4 Å². The van der Waals surface area contributed by atoms with E-state index in [4.69, 9.17) is 16.2 Å². The van der Waals surface area contributed by atoms with Crippen LogP contribution in [0.5, 0.6) is 0 Å². The van der Waals surface area contributed by atoms with Gasteiger partial charge in [0.05, 0.1) is 5.54 Å². The van der Waals surface area contributed by atoms with Crippen molar-refractivity contribution in [3.8, 4) is 0 Å². The van der Waals surface area contributed by atoms with Crippen molar-refractivity contribution in [3.05, 3.63) is 0 Å². The molecule has 0 aromatic heterocycles. The van der Waals surface area contributed by atoms with Crippen LogP contribution in [0.1, 0.15) is 19.8 Å². The zero-order valence-corrected chi connectivity index (χ0v) is 7.09. The van der Waals surface area contributed by atoms with Crippen molar-refractivity contribution in [1.82, 2.24) is 0 Å². The normalized spacial score (nSPS) is 15.9. The van der Waals surface area contributed by atoms with E-state index in [1.165, 1.54) is 0 Å². The highest BCUT2D eigenvalue weighted by Gasteiger charge is 2.24. The molecule has 0 aromatic carbocycles. The summed E-state index contributed by atoms with van der Waals surface area (Å²) in [6.07, 6.45) is 1.32. The molecule has 0 aromatic rings. The summed E-state index contributed by atoms with van der Waals surface area (Å²) in [5, 5.41) is 0. The second-order valence-electron chi connectivity index (χ2n) is 2.88. The third-order valence-corrected chi connectivity index (χ3v) is 1.61. The van der Waals surface area contributed by atoms with Gasteiger partial charge in [0.1, 0.15) is 0 Å². The Labute approximate surface area is 66.9 Å². The second kappa shape index (κ2) is 4.31. The maximum absolute atomic E-state index is 10.7. The molecule has 0 rings (SSSR count). The van der Waals surface area contributed by atoms with Gasteiger partial charge in [-0.05, 0) is 19.8 Å². The van der Waals surface area contributed by atoms with Crippen molar-refractivity contribution in [2.45, 2.75) is 25.3 Å². The Balaban J connectivity index is 3.64. The Kier molecular flexibility index (Phi) is 4.07. The van der Waals surface area contributed by atoms with E-state index in [2.05, 4.69) is 0 Å². The molecule has 4 heteroatoms. The number of carbonyl (C=O) groups excluding carboxylic acids is 1. The summed E-state index contributed by atoms with van der Waals surface area (Å²) in [5.74, 6) is -0.464. The minimum absolute atomic E-state index is 0.464. The number of hydrogen-bond acceptors (Lipinski definition) is 3. The molecule has 1 unspecified atom stereocenters. The minimum atomic E-state index is -0.890. The average molecular weight is 160 g/mol. The highest BCUT2D eigenvalue weighted by Crippen LogP contribution is 2.07. The monoisotopic (exact) mass is 160 g/mol. The fourth-order valence-corrected chi connectivity index (χ4v) is 0.707. The number of hydrogen-bond donors (Lipinski definition) is 2. The first-order valence-electron chi connectivity index (χ1n) is 3.58. The van der Waals surface area contributed by atoms with Crippen LogP contribution >= 0.6 is 0 Å². The van der Waals surface area contributed by atoms with E-state index in [1.807, 2.05) is 0 Å². The zero-order chi connectivity index (χ0) is 8.91. The smallest absolute Gasteiger partial charge is 0.237 e. The predicted octanol–water partition coefficient (Wildman–Crippen LogP) is -0.384. The first-order chi connectivity index (χ1) is 5.00. The van der Waals surface area contributed by atoms with E-state index in [9.17, 15) is 4.79 Å². The van der Waals surface area contributed by atoms with Gasteiger partial charge >= 0.3 is 0 Å². The van der Waals surface area contributed by atoms with Crippen LogP contribution in [0.3, 0.4) is 0 Å².